The highest BCUT2D eigenvalue weighted by molar-refractivity contribution is 7.98. The molecule has 2 aromatic heterocycles. The molecule has 1 saturated carbocycles. The number of aryl methyl sites for hydroxylation is 1. The topological polar surface area (TPSA) is 90.9 Å². The Labute approximate surface area is 199 Å². The lowest BCUT2D eigenvalue weighted by Crippen LogP contribution is -2.18. The number of aromatic nitrogens is 5. The van der Waals surface area contributed by atoms with Gasteiger partial charge in [-0.3, -0.25) is 0 Å². The van der Waals surface area contributed by atoms with E-state index in [9.17, 15) is 0 Å². The Morgan fingerprint density at radius 3 is 2.85 bits per heavy atom. The lowest BCUT2D eigenvalue weighted by Gasteiger charge is -2.25. The molecule has 0 atom stereocenters. The lowest BCUT2D eigenvalue weighted by molar-refractivity contribution is 0.329. The molecule has 9 heteroatoms. The van der Waals surface area contributed by atoms with Crippen molar-refractivity contribution in [2.45, 2.75) is 82.3 Å². The molecule has 1 N–H and O–H groups in total. The third-order valence-electron chi connectivity index (χ3n) is 5.98. The minimum absolute atomic E-state index is 0.433. The van der Waals surface area contributed by atoms with Crippen LogP contribution in [0.1, 0.15) is 76.0 Å². The van der Waals surface area contributed by atoms with Crippen molar-refractivity contribution in [2.24, 2.45) is 5.92 Å². The molecule has 0 unspecified atom stereocenters. The molecule has 0 aliphatic heterocycles. The molecular formula is C24H34N6O2S. The molecular weight excluding hydrogens is 436 g/mol. The number of methoxy groups -OCH3 is 1. The van der Waals surface area contributed by atoms with Gasteiger partial charge in [0.05, 0.1) is 19.4 Å². The maximum atomic E-state index is 5.47. The first-order valence-electron chi connectivity index (χ1n) is 11.9. The highest BCUT2D eigenvalue weighted by atomic mass is 32.2. The van der Waals surface area contributed by atoms with E-state index in [0.29, 0.717) is 30.1 Å². The van der Waals surface area contributed by atoms with E-state index in [1.54, 1.807) is 18.9 Å². The third kappa shape index (κ3) is 6.50. The Balaban J connectivity index is 1.45. The first-order chi connectivity index (χ1) is 16.1. The number of hydrogen-bond donors (Lipinski definition) is 1. The van der Waals surface area contributed by atoms with Crippen LogP contribution in [0.3, 0.4) is 0 Å². The third-order valence-corrected chi connectivity index (χ3v) is 6.90. The van der Waals surface area contributed by atoms with Crippen LogP contribution >= 0.6 is 11.8 Å². The summed E-state index contributed by atoms with van der Waals surface area (Å²) in [6, 6.07) is 8.38. The summed E-state index contributed by atoms with van der Waals surface area (Å²) in [5.41, 5.74) is 1.00. The van der Waals surface area contributed by atoms with Crippen molar-refractivity contribution in [1.29, 1.82) is 0 Å². The molecule has 0 bridgehead atoms. The van der Waals surface area contributed by atoms with Crippen molar-refractivity contribution in [3.05, 3.63) is 41.8 Å². The molecule has 0 spiro atoms. The second-order valence-electron chi connectivity index (χ2n) is 8.97. The number of thioether (sulfide) groups is 1. The Bertz CT molecular complexity index is 1010. The maximum Gasteiger partial charge on any atom is 0.237 e. The zero-order valence-corrected chi connectivity index (χ0v) is 20.6. The number of nitrogens with one attached hydrogen (secondary N) is 1. The van der Waals surface area contributed by atoms with Crippen LogP contribution < -0.4 is 10.1 Å². The molecule has 1 aliphatic rings. The van der Waals surface area contributed by atoms with Crippen LogP contribution in [-0.4, -0.2) is 32.0 Å². The predicted molar refractivity (Wildman–Crippen MR) is 129 cm³/mol. The van der Waals surface area contributed by atoms with Crippen molar-refractivity contribution in [2.75, 3.05) is 12.4 Å². The standard InChI is InChI=1S/C24H34N6O2S/c1-17(2)12-13-21-26-23(32-29-21)16-33-24-28-27-22(30(24)19-9-5-4-6-10-19)15-25-18-8-7-11-20(14-18)31-3/h7-8,11,14,17,19,25H,4-6,9-10,12-13,15-16H2,1-3H3. The number of rotatable bonds is 11. The van der Waals surface area contributed by atoms with E-state index in [1.165, 1.54) is 19.3 Å². The van der Waals surface area contributed by atoms with Gasteiger partial charge in [0.1, 0.15) is 5.75 Å². The average molecular weight is 471 g/mol. The highest BCUT2D eigenvalue weighted by Gasteiger charge is 2.23. The molecule has 33 heavy (non-hydrogen) atoms. The smallest absolute Gasteiger partial charge is 0.237 e. The van der Waals surface area contributed by atoms with E-state index >= 15 is 0 Å². The lowest BCUT2D eigenvalue weighted by atomic mass is 9.95. The van der Waals surface area contributed by atoms with E-state index in [2.05, 4.69) is 44.1 Å². The molecule has 1 fully saturated rings. The second kappa shape index (κ2) is 11.5. The molecule has 0 saturated heterocycles. The number of nitrogens with zero attached hydrogens (tertiary/aromatic N) is 5. The normalized spacial score (nSPS) is 14.7. The average Bonchev–Trinajstić information content (AvgIpc) is 3.47. The molecule has 1 aromatic carbocycles. The van der Waals surface area contributed by atoms with Crippen molar-refractivity contribution in [3.8, 4) is 5.75 Å². The van der Waals surface area contributed by atoms with Gasteiger partial charge in [-0.25, -0.2) is 0 Å². The first-order valence-corrected chi connectivity index (χ1v) is 12.9. The van der Waals surface area contributed by atoms with Gasteiger partial charge in [0.25, 0.3) is 0 Å². The molecule has 8 nitrogen and oxygen atoms in total. The van der Waals surface area contributed by atoms with Crippen LogP contribution in [0.25, 0.3) is 0 Å². The summed E-state index contributed by atoms with van der Waals surface area (Å²) in [5.74, 6) is 4.44. The number of ether oxygens (including phenoxy) is 1. The Kier molecular flexibility index (Phi) is 8.25. The summed E-state index contributed by atoms with van der Waals surface area (Å²) in [6.07, 6.45) is 8.04. The molecule has 1 aliphatic carbocycles. The maximum absolute atomic E-state index is 5.47. The van der Waals surface area contributed by atoms with Crippen LogP contribution in [0.5, 0.6) is 5.75 Å². The fraction of sp³-hybridized carbons (Fsp3) is 0.583. The van der Waals surface area contributed by atoms with Gasteiger partial charge in [-0.05, 0) is 37.3 Å². The summed E-state index contributed by atoms with van der Waals surface area (Å²) in [4.78, 5) is 4.56. The van der Waals surface area contributed by atoms with E-state index in [0.717, 1.165) is 53.9 Å². The summed E-state index contributed by atoms with van der Waals surface area (Å²) in [7, 11) is 1.68. The minimum atomic E-state index is 0.433. The summed E-state index contributed by atoms with van der Waals surface area (Å²) < 4.78 is 13.1. The van der Waals surface area contributed by atoms with E-state index in [4.69, 9.17) is 9.26 Å². The van der Waals surface area contributed by atoms with Crippen LogP contribution in [0, 0.1) is 5.92 Å². The van der Waals surface area contributed by atoms with Gasteiger partial charge in [-0.1, -0.05) is 56.1 Å². The highest BCUT2D eigenvalue weighted by Crippen LogP contribution is 2.33. The Morgan fingerprint density at radius 1 is 1.21 bits per heavy atom. The molecule has 3 aromatic rings. The molecule has 178 valence electrons. The summed E-state index contributed by atoms with van der Waals surface area (Å²) >= 11 is 1.63. The van der Waals surface area contributed by atoms with Crippen LogP contribution in [0.4, 0.5) is 5.69 Å². The van der Waals surface area contributed by atoms with Crippen molar-refractivity contribution in [3.63, 3.8) is 0 Å². The number of benzene rings is 1. The van der Waals surface area contributed by atoms with E-state index < -0.39 is 0 Å². The number of anilines is 1. The van der Waals surface area contributed by atoms with E-state index in [-0.39, 0.29) is 0 Å². The summed E-state index contributed by atoms with van der Waals surface area (Å²) in [5, 5.41) is 17.6. The van der Waals surface area contributed by atoms with Crippen LogP contribution in [-0.2, 0) is 18.7 Å². The van der Waals surface area contributed by atoms with Crippen LogP contribution in [0.2, 0.25) is 0 Å². The Morgan fingerprint density at radius 2 is 2.06 bits per heavy atom. The van der Waals surface area contributed by atoms with Gasteiger partial charge in [0, 0.05) is 24.2 Å². The summed E-state index contributed by atoms with van der Waals surface area (Å²) in [6.45, 7) is 5.02. The molecule has 0 amide bonds. The fourth-order valence-corrected chi connectivity index (χ4v) is 5.00. The largest absolute Gasteiger partial charge is 0.497 e. The molecule has 0 radical (unpaired) electrons. The zero-order valence-electron chi connectivity index (χ0n) is 19.8. The Hall–Kier alpha value is -2.55. The van der Waals surface area contributed by atoms with Crippen molar-refractivity contribution in [1.82, 2.24) is 24.9 Å². The molecule has 2 heterocycles. The fourth-order valence-electron chi connectivity index (χ4n) is 4.14. The van der Waals surface area contributed by atoms with Gasteiger partial charge in [-0.15, -0.1) is 10.2 Å². The van der Waals surface area contributed by atoms with Crippen LogP contribution in [0.15, 0.2) is 33.9 Å². The van der Waals surface area contributed by atoms with Gasteiger partial charge in [0.15, 0.2) is 16.8 Å². The second-order valence-corrected chi connectivity index (χ2v) is 9.91. The monoisotopic (exact) mass is 470 g/mol. The van der Waals surface area contributed by atoms with Gasteiger partial charge < -0.3 is 19.1 Å². The molecule has 4 rings (SSSR count). The predicted octanol–water partition coefficient (Wildman–Crippen LogP) is 5.67. The quantitative estimate of drug-likeness (QED) is 0.359. The van der Waals surface area contributed by atoms with Gasteiger partial charge in [-0.2, -0.15) is 4.98 Å². The first kappa shape index (κ1) is 23.6. The SMILES string of the molecule is COc1cccc(NCc2nnc(SCc3nc(CCC(C)C)no3)n2C2CCCCC2)c1. The zero-order chi connectivity index (χ0) is 23.0. The van der Waals surface area contributed by atoms with Crippen molar-refractivity contribution < 1.29 is 9.26 Å². The minimum Gasteiger partial charge on any atom is -0.497 e. The number of hydrogen-bond acceptors (Lipinski definition) is 8. The van der Waals surface area contributed by atoms with Gasteiger partial charge >= 0.3 is 0 Å². The van der Waals surface area contributed by atoms with Crippen molar-refractivity contribution >= 4 is 17.4 Å². The van der Waals surface area contributed by atoms with E-state index in [1.807, 2.05) is 24.3 Å². The van der Waals surface area contributed by atoms with Gasteiger partial charge in [0.2, 0.25) is 5.89 Å².